The molecular formula is C29H27FN4O2. The highest BCUT2D eigenvalue weighted by atomic mass is 19.1. The lowest BCUT2D eigenvalue weighted by Crippen LogP contribution is -2.45. The molecular weight excluding hydrogens is 455 g/mol. The maximum absolute atomic E-state index is 14.4. The van der Waals surface area contributed by atoms with E-state index in [2.05, 4.69) is 17.4 Å². The molecule has 1 atom stereocenters. The van der Waals surface area contributed by atoms with Gasteiger partial charge in [0, 0.05) is 16.8 Å². The number of urea groups is 1. The van der Waals surface area contributed by atoms with E-state index >= 15 is 0 Å². The molecule has 6 nitrogen and oxygen atoms in total. The predicted molar refractivity (Wildman–Crippen MR) is 136 cm³/mol. The quantitative estimate of drug-likeness (QED) is 0.343. The smallest absolute Gasteiger partial charge is 0.322 e. The minimum atomic E-state index is -0.495. The zero-order valence-corrected chi connectivity index (χ0v) is 20.5. The first-order valence-corrected chi connectivity index (χ1v) is 12.0. The number of amides is 2. The van der Waals surface area contributed by atoms with E-state index in [0.717, 1.165) is 23.1 Å². The van der Waals surface area contributed by atoms with Crippen LogP contribution in [-0.2, 0) is 13.0 Å². The monoisotopic (exact) mass is 482 g/mol. The van der Waals surface area contributed by atoms with Gasteiger partial charge >= 0.3 is 6.03 Å². The first-order chi connectivity index (χ1) is 17.4. The number of hydrogen-bond acceptors (Lipinski definition) is 4. The molecule has 0 saturated carbocycles. The van der Waals surface area contributed by atoms with Crippen molar-refractivity contribution in [3.05, 3.63) is 112 Å². The van der Waals surface area contributed by atoms with Crippen molar-refractivity contribution >= 4 is 11.6 Å². The molecule has 0 spiro atoms. The van der Waals surface area contributed by atoms with Crippen LogP contribution in [-0.4, -0.2) is 21.1 Å². The van der Waals surface area contributed by atoms with Crippen LogP contribution in [0.3, 0.4) is 0 Å². The fourth-order valence-corrected chi connectivity index (χ4v) is 4.39. The second-order valence-corrected chi connectivity index (χ2v) is 8.94. The van der Waals surface area contributed by atoms with Crippen LogP contribution in [0, 0.1) is 12.7 Å². The number of halogens is 1. The zero-order chi connectivity index (χ0) is 25.2. The predicted octanol–water partition coefficient (Wildman–Crippen LogP) is 6.44. The molecule has 7 heteroatoms. The molecule has 4 aromatic rings. The fraction of sp³-hybridized carbons (Fsp3) is 0.207. The summed E-state index contributed by atoms with van der Waals surface area (Å²) in [5.74, 6) is 0.412. The second-order valence-electron chi connectivity index (χ2n) is 8.94. The van der Waals surface area contributed by atoms with E-state index < -0.39 is 6.04 Å². The molecule has 36 heavy (non-hydrogen) atoms. The minimum Gasteiger partial charge on any atom is -0.334 e. The van der Waals surface area contributed by atoms with Crippen LogP contribution in [0.4, 0.5) is 9.18 Å². The summed E-state index contributed by atoms with van der Waals surface area (Å²) in [7, 11) is 0. The van der Waals surface area contributed by atoms with Crippen LogP contribution in [0.15, 0.2) is 83.0 Å². The van der Waals surface area contributed by atoms with Crippen LogP contribution in [0.1, 0.15) is 48.0 Å². The molecule has 0 radical (unpaired) electrons. The molecule has 1 N–H and O–H groups in total. The molecule has 1 unspecified atom stereocenters. The summed E-state index contributed by atoms with van der Waals surface area (Å²) in [5.41, 5.74) is 5.79. The molecule has 3 aromatic carbocycles. The lowest BCUT2D eigenvalue weighted by molar-refractivity contribution is 0.202. The van der Waals surface area contributed by atoms with Crippen LogP contribution in [0.2, 0.25) is 0 Å². The summed E-state index contributed by atoms with van der Waals surface area (Å²) in [6.07, 6.45) is 0.944. The summed E-state index contributed by atoms with van der Waals surface area (Å²) in [6.45, 7) is 6.02. The number of hydrogen-bond donors (Lipinski definition) is 1. The van der Waals surface area contributed by atoms with Crippen molar-refractivity contribution in [2.45, 2.75) is 39.8 Å². The molecule has 0 fully saturated rings. The molecule has 2 amide bonds. The number of carbonyl (C=O) groups is 1. The standard InChI is InChI=1S/C29H27FN4O2/c1-4-20-11-15-22(16-12-20)27-32-28(36-33-27)25-19(3)34(17-23-7-5-6-8-24(23)30)29(35)31-26(25)21-13-9-18(2)10-14-21/h5-16,26H,4,17H2,1-3H3,(H,31,35). The van der Waals surface area contributed by atoms with Crippen molar-refractivity contribution in [1.82, 2.24) is 20.4 Å². The summed E-state index contributed by atoms with van der Waals surface area (Å²) in [4.78, 5) is 19.4. The zero-order valence-electron chi connectivity index (χ0n) is 20.5. The largest absolute Gasteiger partial charge is 0.334 e. The van der Waals surface area contributed by atoms with Gasteiger partial charge in [-0.25, -0.2) is 9.18 Å². The van der Waals surface area contributed by atoms with Crippen LogP contribution in [0.25, 0.3) is 17.0 Å². The number of nitrogens with zero attached hydrogens (tertiary/aromatic N) is 3. The average molecular weight is 483 g/mol. The molecule has 182 valence electrons. The van der Waals surface area contributed by atoms with E-state index in [1.54, 1.807) is 18.2 Å². The number of benzene rings is 3. The summed E-state index contributed by atoms with van der Waals surface area (Å²) < 4.78 is 20.2. The number of rotatable bonds is 6. The Hall–Kier alpha value is -4.26. The van der Waals surface area contributed by atoms with Crippen molar-refractivity contribution in [2.24, 2.45) is 0 Å². The minimum absolute atomic E-state index is 0.0773. The molecule has 0 bridgehead atoms. The van der Waals surface area contributed by atoms with Crippen molar-refractivity contribution in [3.63, 3.8) is 0 Å². The third-order valence-electron chi connectivity index (χ3n) is 6.57. The van der Waals surface area contributed by atoms with Gasteiger partial charge in [-0.3, -0.25) is 4.90 Å². The highest BCUT2D eigenvalue weighted by Gasteiger charge is 2.36. The Labute approximate surface area is 209 Å². The number of nitrogens with one attached hydrogen (secondary N) is 1. The van der Waals surface area contributed by atoms with Gasteiger partial charge in [0.15, 0.2) is 0 Å². The lowest BCUT2D eigenvalue weighted by atomic mass is 9.94. The highest BCUT2D eigenvalue weighted by molar-refractivity contribution is 5.86. The Balaban J connectivity index is 1.58. The van der Waals surface area contributed by atoms with Gasteiger partial charge in [0.05, 0.1) is 18.2 Å². The van der Waals surface area contributed by atoms with Gasteiger partial charge in [-0.15, -0.1) is 0 Å². The third-order valence-corrected chi connectivity index (χ3v) is 6.57. The Bertz CT molecular complexity index is 1420. The molecule has 1 aromatic heterocycles. The summed E-state index contributed by atoms with van der Waals surface area (Å²) in [5, 5.41) is 7.29. The Morgan fingerprint density at radius 1 is 1.00 bits per heavy atom. The van der Waals surface area contributed by atoms with E-state index in [4.69, 9.17) is 9.51 Å². The maximum atomic E-state index is 14.4. The van der Waals surface area contributed by atoms with Gasteiger partial charge in [-0.2, -0.15) is 4.98 Å². The van der Waals surface area contributed by atoms with Crippen molar-refractivity contribution < 1.29 is 13.7 Å². The van der Waals surface area contributed by atoms with Crippen LogP contribution < -0.4 is 5.32 Å². The van der Waals surface area contributed by atoms with Gasteiger partial charge in [0.1, 0.15) is 5.82 Å². The van der Waals surface area contributed by atoms with Gasteiger partial charge < -0.3 is 9.84 Å². The normalized spacial score (nSPS) is 15.8. The first kappa shape index (κ1) is 23.5. The number of aromatic nitrogens is 2. The first-order valence-electron chi connectivity index (χ1n) is 12.0. The molecule has 2 heterocycles. The molecule has 0 aliphatic carbocycles. The molecule has 5 rings (SSSR count). The van der Waals surface area contributed by atoms with Crippen LogP contribution >= 0.6 is 0 Å². The number of allylic oxidation sites excluding steroid dienone is 1. The average Bonchev–Trinajstić information content (AvgIpc) is 3.37. The third kappa shape index (κ3) is 4.52. The van der Waals surface area contributed by atoms with Crippen molar-refractivity contribution in [1.29, 1.82) is 0 Å². The SMILES string of the molecule is CCc1ccc(-c2noc(C3=C(C)N(Cc4ccccc4F)C(=O)NC3c3ccc(C)cc3)n2)cc1. The van der Waals surface area contributed by atoms with E-state index in [1.165, 1.54) is 16.5 Å². The van der Waals surface area contributed by atoms with Gasteiger partial charge in [-0.1, -0.05) is 84.4 Å². The van der Waals surface area contributed by atoms with Crippen LogP contribution in [0.5, 0.6) is 0 Å². The highest BCUT2D eigenvalue weighted by Crippen LogP contribution is 2.38. The maximum Gasteiger partial charge on any atom is 0.322 e. The summed E-state index contributed by atoms with van der Waals surface area (Å²) in [6, 6.07) is 21.6. The van der Waals surface area contributed by atoms with Crippen molar-refractivity contribution in [2.75, 3.05) is 0 Å². The number of carbonyl (C=O) groups excluding carboxylic acids is 1. The number of aryl methyl sites for hydroxylation is 2. The van der Waals surface area contributed by atoms with Gasteiger partial charge in [0.2, 0.25) is 5.82 Å². The lowest BCUT2D eigenvalue weighted by Gasteiger charge is -2.35. The Morgan fingerprint density at radius 2 is 1.72 bits per heavy atom. The van der Waals surface area contributed by atoms with Crippen molar-refractivity contribution in [3.8, 4) is 11.4 Å². The van der Waals surface area contributed by atoms with Gasteiger partial charge in [-0.05, 0) is 37.5 Å². The van der Waals surface area contributed by atoms with E-state index in [-0.39, 0.29) is 18.4 Å². The summed E-state index contributed by atoms with van der Waals surface area (Å²) >= 11 is 0. The van der Waals surface area contributed by atoms with Gasteiger partial charge in [0.25, 0.3) is 5.89 Å². The Kier molecular flexibility index (Phi) is 6.38. The van der Waals surface area contributed by atoms with E-state index in [0.29, 0.717) is 28.5 Å². The fourth-order valence-electron chi connectivity index (χ4n) is 4.39. The van der Waals surface area contributed by atoms with E-state index in [1.807, 2.05) is 62.4 Å². The van der Waals surface area contributed by atoms with E-state index in [9.17, 15) is 9.18 Å². The Morgan fingerprint density at radius 3 is 2.42 bits per heavy atom. The molecule has 0 saturated heterocycles. The molecule has 1 aliphatic heterocycles. The second kappa shape index (κ2) is 9.77. The topological polar surface area (TPSA) is 71.3 Å². The molecule has 1 aliphatic rings.